The van der Waals surface area contributed by atoms with E-state index < -0.39 is 0 Å². The number of hydrogen-bond donors (Lipinski definition) is 0. The van der Waals surface area contributed by atoms with Crippen LogP contribution in [0.2, 0.25) is 0 Å². The number of carbonyl (C=O) groups is 2. The normalized spacial score (nSPS) is 15.2. The molecule has 0 amide bonds. The number of Topliss-reactive ketones (excluding diaryl/α,β-unsaturated/α-hetero) is 2. The lowest BCUT2D eigenvalue weighted by molar-refractivity contribution is -0.118. The van der Waals surface area contributed by atoms with E-state index in [1.807, 2.05) is 72.8 Å². The summed E-state index contributed by atoms with van der Waals surface area (Å²) >= 11 is 0. The van der Waals surface area contributed by atoms with Gasteiger partial charge in [0.25, 0.3) is 0 Å². The predicted molar refractivity (Wildman–Crippen MR) is 126 cm³/mol. The molecule has 6 rings (SSSR count). The van der Waals surface area contributed by atoms with Crippen molar-refractivity contribution in [2.75, 3.05) is 0 Å². The Labute approximate surface area is 194 Å². The summed E-state index contributed by atoms with van der Waals surface area (Å²) in [5.74, 6) is -0.102. The third kappa shape index (κ3) is 3.91. The number of ketones is 2. The molecule has 0 spiro atoms. The van der Waals surface area contributed by atoms with Gasteiger partial charge in [0, 0.05) is 12.0 Å². The van der Waals surface area contributed by atoms with Crippen molar-refractivity contribution in [1.82, 2.24) is 15.2 Å². The van der Waals surface area contributed by atoms with E-state index in [4.69, 9.17) is 5.26 Å². The molecular weight excluding hydrogens is 424 g/mol. The molecule has 0 radical (unpaired) electrons. The van der Waals surface area contributed by atoms with Gasteiger partial charge in [-0.15, -0.1) is 10.2 Å². The predicted octanol–water partition coefficient (Wildman–Crippen LogP) is 2.38. The molecule has 6 nitrogen and oxygen atoms in total. The molecule has 1 unspecified atom stereocenters. The molecule has 162 valence electrons. The fourth-order valence-corrected chi connectivity index (χ4v) is 4.40. The van der Waals surface area contributed by atoms with Crippen LogP contribution in [0.4, 0.5) is 0 Å². The standard InChI is InChI=1S/C24H16O2.C4H2N4/c25-22-14-21-17(12-20(22)15-6-2-1-3-7-15)10-11-19-18-9-5-4-8-16(18)13-23(26)24(19)21;5-1-4-2-6-3-7-8-4/h1-13,20H,14H2;2-3H. The first-order chi connectivity index (χ1) is 16.7. The third-order valence-electron chi connectivity index (χ3n) is 5.93. The molecule has 0 fully saturated rings. The van der Waals surface area contributed by atoms with E-state index in [9.17, 15) is 9.59 Å². The van der Waals surface area contributed by atoms with Gasteiger partial charge < -0.3 is 0 Å². The maximum Gasteiger partial charge on any atom is 0.187 e. The van der Waals surface area contributed by atoms with Gasteiger partial charge in [-0.2, -0.15) is 5.26 Å². The van der Waals surface area contributed by atoms with Gasteiger partial charge in [0.15, 0.2) is 11.5 Å². The van der Waals surface area contributed by atoms with Gasteiger partial charge in [-0.1, -0.05) is 72.8 Å². The van der Waals surface area contributed by atoms with E-state index in [1.165, 1.54) is 12.5 Å². The number of hydrogen-bond acceptors (Lipinski definition) is 6. The molecule has 0 N–H and O–H groups in total. The topological polar surface area (TPSA) is 96.6 Å². The highest BCUT2D eigenvalue weighted by molar-refractivity contribution is 6.19. The molecule has 1 atom stereocenters. The van der Waals surface area contributed by atoms with Crippen molar-refractivity contribution in [1.29, 1.82) is 5.26 Å². The Bertz CT molecular complexity index is 1670. The first-order valence-electron chi connectivity index (χ1n) is 10.8. The molecule has 3 aromatic carbocycles. The summed E-state index contributed by atoms with van der Waals surface area (Å²) in [4.78, 5) is 29.2. The Morgan fingerprint density at radius 2 is 1.68 bits per heavy atom. The molecule has 2 aliphatic rings. The maximum absolute atomic E-state index is 12.8. The number of nitriles is 1. The second-order valence-electron chi connectivity index (χ2n) is 7.96. The summed E-state index contributed by atoms with van der Waals surface area (Å²) in [5.41, 5.74) is 2.81. The number of nitrogens with zero attached hydrogens (tertiary/aromatic N) is 4. The highest BCUT2D eigenvalue weighted by Crippen LogP contribution is 2.25. The fourth-order valence-electron chi connectivity index (χ4n) is 4.40. The van der Waals surface area contributed by atoms with Crippen molar-refractivity contribution >= 4 is 23.7 Å². The molecule has 0 bridgehead atoms. The number of fused-ring (bicyclic) bond motifs is 4. The van der Waals surface area contributed by atoms with Crippen LogP contribution >= 0.6 is 0 Å². The third-order valence-corrected chi connectivity index (χ3v) is 5.93. The van der Waals surface area contributed by atoms with Crippen LogP contribution in [0.15, 0.2) is 79.3 Å². The number of benzene rings is 3. The van der Waals surface area contributed by atoms with E-state index in [2.05, 4.69) is 15.2 Å². The van der Waals surface area contributed by atoms with E-state index in [-0.39, 0.29) is 23.2 Å². The smallest absolute Gasteiger partial charge is 0.187 e. The lowest BCUT2D eigenvalue weighted by Crippen LogP contribution is -2.29. The molecule has 2 aliphatic carbocycles. The SMILES string of the molecule is N#Cc1cncnn1.O=C1C=c2ccccc2=c2ccc3c(c21)CC(=O)C(c1ccccc1)C=3. The Balaban J connectivity index is 0.000000257. The van der Waals surface area contributed by atoms with Crippen LogP contribution < -0.4 is 10.4 Å². The van der Waals surface area contributed by atoms with Gasteiger partial charge in [0.05, 0.1) is 12.1 Å². The monoisotopic (exact) mass is 442 g/mol. The van der Waals surface area contributed by atoms with Crippen molar-refractivity contribution in [3.63, 3.8) is 0 Å². The van der Waals surface area contributed by atoms with E-state index in [0.717, 1.165) is 32.0 Å². The molecule has 4 aromatic rings. The second-order valence-corrected chi connectivity index (χ2v) is 7.96. The minimum Gasteiger partial charge on any atom is -0.298 e. The molecule has 34 heavy (non-hydrogen) atoms. The average molecular weight is 442 g/mol. The van der Waals surface area contributed by atoms with Gasteiger partial charge in [0.2, 0.25) is 0 Å². The minimum atomic E-state index is -0.239. The van der Waals surface area contributed by atoms with E-state index in [0.29, 0.717) is 12.0 Å². The van der Waals surface area contributed by atoms with Crippen LogP contribution in [0.1, 0.15) is 33.1 Å². The van der Waals surface area contributed by atoms with Crippen LogP contribution in [0.5, 0.6) is 0 Å². The van der Waals surface area contributed by atoms with E-state index >= 15 is 0 Å². The molecular formula is C28H18N4O2. The zero-order valence-electron chi connectivity index (χ0n) is 18.1. The van der Waals surface area contributed by atoms with Gasteiger partial charge in [-0.05, 0) is 38.1 Å². The molecule has 1 heterocycles. The van der Waals surface area contributed by atoms with Crippen molar-refractivity contribution in [2.24, 2.45) is 0 Å². The lowest BCUT2D eigenvalue weighted by Gasteiger charge is -2.20. The fraction of sp³-hybridized carbons (Fsp3) is 0.0714. The van der Waals surface area contributed by atoms with Crippen LogP contribution in [0.25, 0.3) is 12.2 Å². The quantitative estimate of drug-likeness (QED) is 0.449. The maximum atomic E-state index is 12.8. The number of rotatable bonds is 1. The van der Waals surface area contributed by atoms with Crippen LogP contribution in [-0.4, -0.2) is 26.7 Å². The Kier molecular flexibility index (Phi) is 5.59. The van der Waals surface area contributed by atoms with Crippen LogP contribution in [-0.2, 0) is 11.2 Å². The first-order valence-corrected chi connectivity index (χ1v) is 10.8. The molecule has 0 saturated heterocycles. The van der Waals surface area contributed by atoms with Crippen molar-refractivity contribution < 1.29 is 9.59 Å². The molecule has 1 aromatic heterocycles. The Morgan fingerprint density at radius 1 is 0.882 bits per heavy atom. The summed E-state index contributed by atoms with van der Waals surface area (Å²) in [6.45, 7) is 0. The highest BCUT2D eigenvalue weighted by Gasteiger charge is 2.26. The number of carbonyl (C=O) groups excluding carboxylic acids is 2. The van der Waals surface area contributed by atoms with Gasteiger partial charge in [-0.3, -0.25) is 9.59 Å². The van der Waals surface area contributed by atoms with Crippen LogP contribution in [0, 0.1) is 21.8 Å². The zero-order chi connectivity index (χ0) is 23.5. The van der Waals surface area contributed by atoms with Crippen molar-refractivity contribution in [2.45, 2.75) is 12.3 Å². The summed E-state index contributed by atoms with van der Waals surface area (Å²) in [6, 6.07) is 23.6. The van der Waals surface area contributed by atoms with E-state index in [1.54, 1.807) is 12.1 Å². The van der Waals surface area contributed by atoms with Crippen molar-refractivity contribution in [3.05, 3.63) is 123 Å². The van der Waals surface area contributed by atoms with Crippen LogP contribution in [0.3, 0.4) is 0 Å². The highest BCUT2D eigenvalue weighted by atomic mass is 16.1. The van der Waals surface area contributed by atoms with Gasteiger partial charge in [-0.25, -0.2) is 4.98 Å². The minimum absolute atomic E-state index is 0.00471. The van der Waals surface area contributed by atoms with Crippen molar-refractivity contribution in [3.8, 4) is 6.07 Å². The molecule has 6 heteroatoms. The Morgan fingerprint density at radius 3 is 2.41 bits per heavy atom. The largest absolute Gasteiger partial charge is 0.298 e. The summed E-state index contributed by atoms with van der Waals surface area (Å²) in [7, 11) is 0. The molecule has 0 saturated carbocycles. The van der Waals surface area contributed by atoms with Gasteiger partial charge in [0.1, 0.15) is 18.2 Å². The summed E-state index contributed by atoms with van der Waals surface area (Å²) < 4.78 is 0. The molecule has 0 aliphatic heterocycles. The summed E-state index contributed by atoms with van der Waals surface area (Å²) in [5, 5.41) is 18.9. The first kappa shape index (κ1) is 21.1. The Hall–Kier alpha value is -4.76. The average Bonchev–Trinajstić information content (AvgIpc) is 2.89. The second kappa shape index (κ2) is 9.00. The number of aromatic nitrogens is 3. The summed E-state index contributed by atoms with van der Waals surface area (Å²) in [6.07, 6.45) is 6.63. The van der Waals surface area contributed by atoms with Gasteiger partial charge >= 0.3 is 0 Å². The lowest BCUT2D eigenvalue weighted by atomic mass is 9.81. The zero-order valence-corrected chi connectivity index (χ0v) is 18.1.